The Hall–Kier alpha value is -1.66. The van der Waals surface area contributed by atoms with Gasteiger partial charge in [-0.1, -0.05) is 17.7 Å². The first-order chi connectivity index (χ1) is 8.79. The number of hydrogen-bond acceptors (Lipinski definition) is 4. The second kappa shape index (κ2) is 6.49. The minimum atomic E-state index is -3.16. The molecule has 0 saturated heterocycles. The molecule has 0 atom stereocenters. The van der Waals surface area contributed by atoms with Crippen molar-refractivity contribution in [1.29, 1.82) is 0 Å². The summed E-state index contributed by atoms with van der Waals surface area (Å²) in [6, 6.07) is 6.60. The van der Waals surface area contributed by atoms with Crippen LogP contribution in [0.15, 0.2) is 40.8 Å². The van der Waals surface area contributed by atoms with E-state index >= 15 is 0 Å². The van der Waals surface area contributed by atoms with Crippen LogP contribution in [0.4, 0.5) is 0 Å². The van der Waals surface area contributed by atoms with Gasteiger partial charge in [-0.05, 0) is 24.6 Å². The summed E-state index contributed by atoms with van der Waals surface area (Å²) >= 11 is 0. The summed E-state index contributed by atoms with van der Waals surface area (Å²) in [5.74, 6) is -0.961. The fourth-order valence-electron chi connectivity index (χ4n) is 1.52. The lowest BCUT2D eigenvalue weighted by molar-refractivity contribution is -0.131. The predicted molar refractivity (Wildman–Crippen MR) is 72.7 cm³/mol. The highest BCUT2D eigenvalue weighted by atomic mass is 32.2. The molecule has 0 amide bonds. The predicted octanol–water partition coefficient (Wildman–Crippen LogP) is 1.21. The maximum atomic E-state index is 11.3. The first-order valence-electron chi connectivity index (χ1n) is 5.69. The molecule has 1 rings (SSSR count). The summed E-state index contributed by atoms with van der Waals surface area (Å²) in [5.41, 5.74) is 1.66. The van der Waals surface area contributed by atoms with Crippen molar-refractivity contribution in [3.05, 3.63) is 41.5 Å². The van der Waals surface area contributed by atoms with Crippen molar-refractivity contribution >= 4 is 15.8 Å². The molecule has 0 fully saturated rings. The van der Waals surface area contributed by atoms with Crippen LogP contribution in [0.3, 0.4) is 0 Å². The molecule has 0 unspecified atom stereocenters. The molecule has 104 valence electrons. The van der Waals surface area contributed by atoms with E-state index in [0.29, 0.717) is 18.0 Å². The number of aliphatic carboxylic acids is 1. The lowest BCUT2D eigenvalue weighted by Gasteiger charge is -2.05. The second-order valence-corrected chi connectivity index (χ2v) is 6.36. The zero-order valence-corrected chi connectivity index (χ0v) is 11.7. The molecule has 0 heterocycles. The van der Waals surface area contributed by atoms with Crippen LogP contribution in [0.1, 0.15) is 12.5 Å². The number of carboxylic acids is 1. The van der Waals surface area contributed by atoms with Crippen LogP contribution in [0.2, 0.25) is 0 Å². The van der Waals surface area contributed by atoms with Gasteiger partial charge in [0.25, 0.3) is 0 Å². The molecule has 0 aliphatic carbocycles. The van der Waals surface area contributed by atoms with E-state index in [1.54, 1.807) is 31.2 Å². The third kappa shape index (κ3) is 5.67. The molecule has 19 heavy (non-hydrogen) atoms. The monoisotopic (exact) mass is 283 g/mol. The lowest BCUT2D eigenvalue weighted by Crippen LogP contribution is -2.16. The summed E-state index contributed by atoms with van der Waals surface area (Å²) in [5, 5.41) is 11.6. The molecule has 0 aromatic heterocycles. The van der Waals surface area contributed by atoms with Crippen molar-refractivity contribution in [2.24, 2.45) is 0 Å². The third-order valence-electron chi connectivity index (χ3n) is 2.45. The van der Waals surface area contributed by atoms with Gasteiger partial charge in [-0.2, -0.15) is 0 Å². The van der Waals surface area contributed by atoms with Crippen LogP contribution in [-0.2, 0) is 21.2 Å². The maximum Gasteiger partial charge on any atom is 0.328 e. The minimum Gasteiger partial charge on any atom is -0.478 e. The third-order valence-corrected chi connectivity index (χ3v) is 3.58. The maximum absolute atomic E-state index is 11.3. The molecule has 2 N–H and O–H groups in total. The van der Waals surface area contributed by atoms with Gasteiger partial charge >= 0.3 is 5.97 Å². The summed E-state index contributed by atoms with van der Waals surface area (Å²) in [6.07, 6.45) is 2.32. The molecular formula is C13H17NO4S. The molecule has 0 aliphatic rings. The van der Waals surface area contributed by atoms with E-state index in [9.17, 15) is 13.2 Å². The molecule has 5 nitrogen and oxygen atoms in total. The minimum absolute atomic E-state index is 0.290. The first-order valence-corrected chi connectivity index (χ1v) is 7.58. The number of hydrogen-bond donors (Lipinski definition) is 2. The number of carboxylic acid groups (broad SMARTS) is 1. The topological polar surface area (TPSA) is 83.5 Å². The van der Waals surface area contributed by atoms with E-state index in [4.69, 9.17) is 5.11 Å². The van der Waals surface area contributed by atoms with E-state index in [-0.39, 0.29) is 0 Å². The van der Waals surface area contributed by atoms with Crippen LogP contribution in [0.5, 0.6) is 0 Å². The smallest absolute Gasteiger partial charge is 0.328 e. The normalized spacial score (nSPS) is 12.4. The highest BCUT2D eigenvalue weighted by molar-refractivity contribution is 7.90. The van der Waals surface area contributed by atoms with Gasteiger partial charge in [0, 0.05) is 25.4 Å². The number of carbonyl (C=O) groups is 1. The number of benzene rings is 1. The zero-order valence-electron chi connectivity index (χ0n) is 10.9. The van der Waals surface area contributed by atoms with Gasteiger partial charge in [-0.25, -0.2) is 13.2 Å². The number of nitrogens with one attached hydrogen (secondary N) is 1. The lowest BCUT2D eigenvalue weighted by atomic mass is 10.2. The van der Waals surface area contributed by atoms with Crippen LogP contribution >= 0.6 is 0 Å². The summed E-state index contributed by atoms with van der Waals surface area (Å²) in [4.78, 5) is 10.7. The Morgan fingerprint density at radius 1 is 1.32 bits per heavy atom. The Morgan fingerprint density at radius 2 is 1.89 bits per heavy atom. The van der Waals surface area contributed by atoms with Gasteiger partial charge in [0.05, 0.1) is 4.90 Å². The van der Waals surface area contributed by atoms with Gasteiger partial charge in [0.2, 0.25) is 0 Å². The van der Waals surface area contributed by atoms with Gasteiger partial charge in [0.1, 0.15) is 0 Å². The van der Waals surface area contributed by atoms with Crippen molar-refractivity contribution in [2.75, 3.05) is 12.8 Å². The first kappa shape index (κ1) is 15.4. The Labute approximate surface area is 112 Å². The molecule has 1 aromatic rings. The van der Waals surface area contributed by atoms with E-state index in [1.165, 1.54) is 6.26 Å². The van der Waals surface area contributed by atoms with Crippen molar-refractivity contribution in [2.45, 2.75) is 18.4 Å². The Bertz CT molecular complexity index is 573. The SMILES string of the molecule is C/C(=C/C(=O)O)CNCc1ccc(S(C)(=O)=O)cc1. The van der Waals surface area contributed by atoms with E-state index in [2.05, 4.69) is 5.32 Å². The zero-order chi connectivity index (χ0) is 14.5. The van der Waals surface area contributed by atoms with Gasteiger partial charge in [-0.15, -0.1) is 0 Å². The van der Waals surface area contributed by atoms with E-state index in [0.717, 1.165) is 17.2 Å². The molecule has 0 bridgehead atoms. The van der Waals surface area contributed by atoms with Gasteiger partial charge in [0.15, 0.2) is 9.84 Å². The highest BCUT2D eigenvalue weighted by Crippen LogP contribution is 2.10. The molecule has 0 aliphatic heterocycles. The average molecular weight is 283 g/mol. The Morgan fingerprint density at radius 3 is 2.37 bits per heavy atom. The number of rotatable bonds is 6. The fraction of sp³-hybridized carbons (Fsp3) is 0.308. The Balaban J connectivity index is 2.54. The summed E-state index contributed by atoms with van der Waals surface area (Å²) < 4.78 is 22.5. The number of sulfone groups is 1. The Kier molecular flexibility index (Phi) is 5.26. The molecule has 0 spiro atoms. The van der Waals surface area contributed by atoms with Crippen molar-refractivity contribution in [3.63, 3.8) is 0 Å². The van der Waals surface area contributed by atoms with Crippen LogP contribution in [0, 0.1) is 0 Å². The van der Waals surface area contributed by atoms with E-state index in [1.807, 2.05) is 0 Å². The van der Waals surface area contributed by atoms with Crippen LogP contribution < -0.4 is 5.32 Å². The molecule has 0 radical (unpaired) electrons. The van der Waals surface area contributed by atoms with Crippen molar-refractivity contribution in [1.82, 2.24) is 5.32 Å². The molecule has 0 saturated carbocycles. The van der Waals surface area contributed by atoms with E-state index < -0.39 is 15.8 Å². The average Bonchev–Trinajstić information content (AvgIpc) is 2.27. The molecule has 1 aromatic carbocycles. The summed E-state index contributed by atoms with van der Waals surface area (Å²) in [6.45, 7) is 2.75. The highest BCUT2D eigenvalue weighted by Gasteiger charge is 2.05. The van der Waals surface area contributed by atoms with Crippen LogP contribution in [-0.4, -0.2) is 32.3 Å². The van der Waals surface area contributed by atoms with Gasteiger partial charge in [-0.3, -0.25) is 0 Å². The quantitative estimate of drug-likeness (QED) is 0.767. The van der Waals surface area contributed by atoms with Crippen molar-refractivity contribution < 1.29 is 18.3 Å². The molecule has 6 heteroatoms. The molecular weight excluding hydrogens is 266 g/mol. The standard InChI is InChI=1S/C13H17NO4S/c1-10(7-13(15)16)8-14-9-11-3-5-12(6-4-11)19(2,17)18/h3-7,14H,8-9H2,1-2H3,(H,15,16)/b10-7-. The summed E-state index contributed by atoms with van der Waals surface area (Å²) in [7, 11) is -3.16. The van der Waals surface area contributed by atoms with Crippen LogP contribution in [0.25, 0.3) is 0 Å². The fourth-order valence-corrected chi connectivity index (χ4v) is 2.15. The van der Waals surface area contributed by atoms with Crippen molar-refractivity contribution in [3.8, 4) is 0 Å². The van der Waals surface area contributed by atoms with Gasteiger partial charge < -0.3 is 10.4 Å². The largest absolute Gasteiger partial charge is 0.478 e. The second-order valence-electron chi connectivity index (χ2n) is 4.35.